The molecule has 2 aliphatic carbocycles. The maximum Gasteiger partial charge on any atom is 0.220 e. The third kappa shape index (κ3) is 2.97. The van der Waals surface area contributed by atoms with Gasteiger partial charge in [-0.1, -0.05) is 15.9 Å². The molecular formula is C11H18BrNO. The van der Waals surface area contributed by atoms with Crippen molar-refractivity contribution in [2.75, 3.05) is 11.9 Å². The van der Waals surface area contributed by atoms with Crippen molar-refractivity contribution < 1.29 is 4.79 Å². The molecule has 0 bridgehead atoms. The minimum atomic E-state index is 0.202. The monoisotopic (exact) mass is 259 g/mol. The summed E-state index contributed by atoms with van der Waals surface area (Å²) >= 11 is 3.28. The fraction of sp³-hybridized carbons (Fsp3) is 0.909. The number of hydrogen-bond acceptors (Lipinski definition) is 1. The third-order valence-corrected chi connectivity index (χ3v) is 3.71. The Balaban J connectivity index is 1.68. The second-order valence-corrected chi connectivity index (χ2v) is 5.37. The van der Waals surface area contributed by atoms with Crippen molar-refractivity contribution >= 4 is 21.8 Å². The van der Waals surface area contributed by atoms with Crippen LogP contribution < -0.4 is 5.32 Å². The molecule has 1 N–H and O–H groups in total. The predicted octanol–water partition coefficient (Wildman–Crippen LogP) is 2.32. The van der Waals surface area contributed by atoms with Gasteiger partial charge < -0.3 is 5.32 Å². The van der Waals surface area contributed by atoms with Crippen LogP contribution >= 0.6 is 15.9 Å². The standard InChI is InChI=1S/C11H18BrNO/c12-6-5-11(14)13-7-10(8-1-2-8)9-3-4-9/h8-10H,1-7H2,(H,13,14). The molecule has 1 amide bonds. The minimum Gasteiger partial charge on any atom is -0.356 e. The topological polar surface area (TPSA) is 29.1 Å². The molecule has 80 valence electrons. The van der Waals surface area contributed by atoms with Crippen LogP contribution in [0.1, 0.15) is 32.1 Å². The normalized spacial score (nSPS) is 21.3. The molecule has 0 aromatic rings. The zero-order valence-electron chi connectivity index (χ0n) is 8.47. The van der Waals surface area contributed by atoms with Crippen LogP contribution in [0.4, 0.5) is 0 Å². The molecule has 0 atom stereocenters. The van der Waals surface area contributed by atoms with Gasteiger partial charge in [0, 0.05) is 18.3 Å². The van der Waals surface area contributed by atoms with Gasteiger partial charge in [0.05, 0.1) is 0 Å². The Morgan fingerprint density at radius 2 is 1.86 bits per heavy atom. The highest BCUT2D eigenvalue weighted by atomic mass is 79.9. The van der Waals surface area contributed by atoms with Gasteiger partial charge in [-0.05, 0) is 43.4 Å². The quantitative estimate of drug-likeness (QED) is 0.729. The lowest BCUT2D eigenvalue weighted by atomic mass is 9.98. The van der Waals surface area contributed by atoms with E-state index in [-0.39, 0.29) is 5.91 Å². The van der Waals surface area contributed by atoms with Crippen molar-refractivity contribution in [2.24, 2.45) is 17.8 Å². The maximum atomic E-state index is 11.3. The molecule has 0 aromatic carbocycles. The summed E-state index contributed by atoms with van der Waals surface area (Å²) in [6, 6.07) is 0. The molecule has 2 saturated carbocycles. The number of halogens is 1. The molecule has 0 heterocycles. The summed E-state index contributed by atoms with van der Waals surface area (Å²) in [5, 5.41) is 3.83. The van der Waals surface area contributed by atoms with E-state index in [1.165, 1.54) is 25.7 Å². The zero-order chi connectivity index (χ0) is 9.97. The van der Waals surface area contributed by atoms with Crippen molar-refractivity contribution in [1.82, 2.24) is 5.32 Å². The summed E-state index contributed by atoms with van der Waals surface area (Å²) in [5.74, 6) is 2.88. The summed E-state index contributed by atoms with van der Waals surface area (Å²) in [4.78, 5) is 11.3. The first kappa shape index (κ1) is 10.5. The van der Waals surface area contributed by atoms with Crippen LogP contribution in [-0.2, 0) is 4.79 Å². The van der Waals surface area contributed by atoms with Crippen LogP contribution in [0.3, 0.4) is 0 Å². The molecule has 0 aliphatic heterocycles. The fourth-order valence-corrected chi connectivity index (χ4v) is 2.53. The molecule has 0 unspecified atom stereocenters. The Kier molecular flexibility index (Phi) is 3.47. The average Bonchev–Trinajstić information content (AvgIpc) is 3.01. The van der Waals surface area contributed by atoms with Crippen molar-refractivity contribution in [2.45, 2.75) is 32.1 Å². The van der Waals surface area contributed by atoms with Gasteiger partial charge in [-0.3, -0.25) is 4.79 Å². The van der Waals surface area contributed by atoms with Gasteiger partial charge in [-0.25, -0.2) is 0 Å². The molecule has 0 aromatic heterocycles. The SMILES string of the molecule is O=C(CCBr)NCC(C1CC1)C1CC1. The van der Waals surface area contributed by atoms with E-state index in [0.29, 0.717) is 6.42 Å². The fourth-order valence-electron chi connectivity index (χ4n) is 2.17. The van der Waals surface area contributed by atoms with Crippen LogP contribution in [0.15, 0.2) is 0 Å². The molecule has 2 nitrogen and oxygen atoms in total. The largest absolute Gasteiger partial charge is 0.356 e. The van der Waals surface area contributed by atoms with Crippen LogP contribution in [-0.4, -0.2) is 17.8 Å². The zero-order valence-corrected chi connectivity index (χ0v) is 10.1. The van der Waals surface area contributed by atoms with Crippen molar-refractivity contribution in [3.05, 3.63) is 0 Å². The Morgan fingerprint density at radius 1 is 1.29 bits per heavy atom. The first-order valence-corrected chi connectivity index (χ1v) is 6.76. The first-order chi connectivity index (χ1) is 6.81. The van der Waals surface area contributed by atoms with Crippen LogP contribution in [0.5, 0.6) is 0 Å². The molecule has 0 spiro atoms. The summed E-state index contributed by atoms with van der Waals surface area (Å²) in [7, 11) is 0. The minimum absolute atomic E-state index is 0.202. The molecule has 3 heteroatoms. The number of amides is 1. The lowest BCUT2D eigenvalue weighted by Crippen LogP contribution is -2.31. The molecule has 2 fully saturated rings. The van der Waals surface area contributed by atoms with Gasteiger partial charge in [0.25, 0.3) is 0 Å². The second-order valence-electron chi connectivity index (χ2n) is 4.58. The van der Waals surface area contributed by atoms with Crippen molar-refractivity contribution in [3.63, 3.8) is 0 Å². The third-order valence-electron chi connectivity index (χ3n) is 3.31. The summed E-state index contributed by atoms with van der Waals surface area (Å²) in [6.07, 6.45) is 6.21. The number of carbonyl (C=O) groups is 1. The molecule has 0 saturated heterocycles. The van der Waals surface area contributed by atoms with E-state index in [2.05, 4.69) is 21.2 Å². The van der Waals surface area contributed by atoms with Gasteiger partial charge in [-0.15, -0.1) is 0 Å². The smallest absolute Gasteiger partial charge is 0.220 e. The number of hydrogen-bond donors (Lipinski definition) is 1. The highest BCUT2D eigenvalue weighted by molar-refractivity contribution is 9.09. The van der Waals surface area contributed by atoms with E-state index >= 15 is 0 Å². The van der Waals surface area contributed by atoms with Gasteiger partial charge in [0.1, 0.15) is 0 Å². The van der Waals surface area contributed by atoms with E-state index in [1.54, 1.807) is 0 Å². The van der Waals surface area contributed by atoms with Gasteiger partial charge in [0.2, 0.25) is 5.91 Å². The van der Waals surface area contributed by atoms with E-state index < -0.39 is 0 Å². The number of rotatable bonds is 6. The summed E-state index contributed by atoms with van der Waals surface area (Å²) in [5.41, 5.74) is 0. The van der Waals surface area contributed by atoms with Crippen LogP contribution in [0.25, 0.3) is 0 Å². The molecular weight excluding hydrogens is 242 g/mol. The summed E-state index contributed by atoms with van der Waals surface area (Å²) < 4.78 is 0. The number of carbonyl (C=O) groups excluding carboxylic acids is 1. The Labute approximate surface area is 94.0 Å². The van der Waals surface area contributed by atoms with Crippen LogP contribution in [0, 0.1) is 17.8 Å². The Bertz CT molecular complexity index is 199. The second kappa shape index (κ2) is 4.65. The molecule has 2 aliphatic rings. The number of nitrogens with one attached hydrogen (secondary N) is 1. The van der Waals surface area contributed by atoms with E-state index in [9.17, 15) is 4.79 Å². The van der Waals surface area contributed by atoms with E-state index in [1.807, 2.05) is 0 Å². The lowest BCUT2D eigenvalue weighted by Gasteiger charge is -2.15. The van der Waals surface area contributed by atoms with E-state index in [4.69, 9.17) is 0 Å². The van der Waals surface area contributed by atoms with Gasteiger partial charge in [-0.2, -0.15) is 0 Å². The van der Waals surface area contributed by atoms with E-state index in [0.717, 1.165) is 29.6 Å². The maximum absolute atomic E-state index is 11.3. The Morgan fingerprint density at radius 3 is 2.29 bits per heavy atom. The molecule has 0 radical (unpaired) electrons. The highest BCUT2D eigenvalue weighted by Crippen LogP contribution is 2.48. The molecule has 14 heavy (non-hydrogen) atoms. The predicted molar refractivity (Wildman–Crippen MR) is 60.4 cm³/mol. The molecule has 2 rings (SSSR count). The van der Waals surface area contributed by atoms with Crippen LogP contribution in [0.2, 0.25) is 0 Å². The average molecular weight is 260 g/mol. The highest BCUT2D eigenvalue weighted by Gasteiger charge is 2.41. The number of alkyl halides is 1. The Hall–Kier alpha value is -0.0500. The summed E-state index contributed by atoms with van der Waals surface area (Å²) in [6.45, 7) is 0.932. The van der Waals surface area contributed by atoms with Crippen molar-refractivity contribution in [3.8, 4) is 0 Å². The van der Waals surface area contributed by atoms with Gasteiger partial charge in [0.15, 0.2) is 0 Å². The van der Waals surface area contributed by atoms with Crippen molar-refractivity contribution in [1.29, 1.82) is 0 Å². The lowest BCUT2D eigenvalue weighted by molar-refractivity contribution is -0.120. The van der Waals surface area contributed by atoms with Gasteiger partial charge >= 0.3 is 0 Å². The first-order valence-electron chi connectivity index (χ1n) is 5.64.